The molecule has 0 aromatic rings. The van der Waals surface area contributed by atoms with Gasteiger partial charge in [-0.1, -0.05) is 12.8 Å². The Morgan fingerprint density at radius 2 is 1.80 bits per heavy atom. The molecular weight excluding hydrogens is 214 g/mol. The number of rotatable bonds is 5. The Hall–Kier alpha value is -0.130. The number of sulfonamides is 1. The lowest BCUT2D eigenvalue weighted by Gasteiger charge is -2.14. The van der Waals surface area contributed by atoms with Crippen LogP contribution >= 0.6 is 0 Å². The van der Waals surface area contributed by atoms with E-state index in [2.05, 4.69) is 4.72 Å². The molecule has 2 saturated carbocycles. The number of nitrogens with one attached hydrogen (secondary N) is 1. The second-order valence-electron chi connectivity index (χ2n) is 4.70. The summed E-state index contributed by atoms with van der Waals surface area (Å²) in [6.45, 7) is 0.198. The Labute approximate surface area is 91.1 Å². The Bertz CT molecular complexity index is 305. The van der Waals surface area contributed by atoms with Crippen LogP contribution in [0.3, 0.4) is 0 Å². The summed E-state index contributed by atoms with van der Waals surface area (Å²) in [6.07, 6.45) is 5.15. The Morgan fingerprint density at radius 1 is 1.20 bits per heavy atom. The van der Waals surface area contributed by atoms with Gasteiger partial charge in [-0.3, -0.25) is 0 Å². The van der Waals surface area contributed by atoms with E-state index in [1.54, 1.807) is 0 Å². The molecule has 0 bridgehead atoms. The largest absolute Gasteiger partial charge is 0.391 e. The van der Waals surface area contributed by atoms with Gasteiger partial charge < -0.3 is 5.11 Å². The minimum atomic E-state index is -3.17. The first-order valence-corrected chi connectivity index (χ1v) is 7.31. The molecule has 0 saturated heterocycles. The van der Waals surface area contributed by atoms with Gasteiger partial charge in [0.25, 0.3) is 0 Å². The van der Waals surface area contributed by atoms with Crippen LogP contribution in [0.2, 0.25) is 0 Å². The molecule has 2 aliphatic carbocycles. The van der Waals surface area contributed by atoms with Crippen molar-refractivity contribution < 1.29 is 13.5 Å². The van der Waals surface area contributed by atoms with Crippen LogP contribution in [-0.4, -0.2) is 31.4 Å². The molecule has 2 rings (SSSR count). The second kappa shape index (κ2) is 4.39. The predicted octanol–water partition coefficient (Wildman–Crippen LogP) is 0.619. The van der Waals surface area contributed by atoms with Gasteiger partial charge in [0.2, 0.25) is 10.0 Å². The zero-order chi connectivity index (χ0) is 10.9. The molecule has 2 N–H and O–H groups in total. The van der Waals surface area contributed by atoms with Crippen molar-refractivity contribution in [3.8, 4) is 0 Å². The molecule has 0 heterocycles. The average molecular weight is 233 g/mol. The zero-order valence-corrected chi connectivity index (χ0v) is 9.67. The standard InChI is InChI=1S/C10H19NO3S/c12-10(8-5-6-8)7-11-15(13,14)9-3-1-2-4-9/h8-12H,1-7H2. The SMILES string of the molecule is O=S(=O)(NCC(O)C1CC1)C1CCCC1. The average Bonchev–Trinajstić information content (AvgIpc) is 2.89. The molecule has 0 amide bonds. The van der Waals surface area contributed by atoms with E-state index in [9.17, 15) is 13.5 Å². The van der Waals surface area contributed by atoms with Crippen molar-refractivity contribution in [3.05, 3.63) is 0 Å². The summed E-state index contributed by atoms with van der Waals surface area (Å²) >= 11 is 0. The maximum Gasteiger partial charge on any atom is 0.214 e. The van der Waals surface area contributed by atoms with E-state index in [-0.39, 0.29) is 11.8 Å². The van der Waals surface area contributed by atoms with Gasteiger partial charge in [0, 0.05) is 6.54 Å². The predicted molar refractivity (Wildman–Crippen MR) is 57.9 cm³/mol. The van der Waals surface area contributed by atoms with Crippen molar-refractivity contribution in [1.82, 2.24) is 4.72 Å². The van der Waals surface area contributed by atoms with Crippen LogP contribution in [-0.2, 0) is 10.0 Å². The molecule has 4 nitrogen and oxygen atoms in total. The fourth-order valence-corrected chi connectivity index (χ4v) is 3.76. The summed E-state index contributed by atoms with van der Waals surface area (Å²) in [5, 5.41) is 9.35. The molecule has 1 atom stereocenters. The van der Waals surface area contributed by atoms with Crippen molar-refractivity contribution in [1.29, 1.82) is 0 Å². The quantitative estimate of drug-likeness (QED) is 0.731. The van der Waals surface area contributed by atoms with Gasteiger partial charge in [0.1, 0.15) is 0 Å². The Balaban J connectivity index is 1.81. The van der Waals surface area contributed by atoms with Crippen LogP contribution < -0.4 is 4.72 Å². The number of aliphatic hydroxyl groups is 1. The van der Waals surface area contributed by atoms with Gasteiger partial charge in [-0.25, -0.2) is 13.1 Å². The molecule has 0 aromatic carbocycles. The highest BCUT2D eigenvalue weighted by Crippen LogP contribution is 2.32. The number of hydrogen-bond donors (Lipinski definition) is 2. The van der Waals surface area contributed by atoms with Gasteiger partial charge in [0.05, 0.1) is 11.4 Å². The fraction of sp³-hybridized carbons (Fsp3) is 1.00. The molecular formula is C10H19NO3S. The van der Waals surface area contributed by atoms with E-state index < -0.39 is 16.1 Å². The zero-order valence-electron chi connectivity index (χ0n) is 8.85. The summed E-state index contributed by atoms with van der Waals surface area (Å²) in [6, 6.07) is 0. The molecule has 2 aliphatic rings. The van der Waals surface area contributed by atoms with E-state index in [0.717, 1.165) is 38.5 Å². The fourth-order valence-electron chi connectivity index (χ4n) is 2.17. The summed E-state index contributed by atoms with van der Waals surface area (Å²) in [4.78, 5) is 0. The van der Waals surface area contributed by atoms with Gasteiger partial charge in [-0.2, -0.15) is 0 Å². The smallest absolute Gasteiger partial charge is 0.214 e. The molecule has 15 heavy (non-hydrogen) atoms. The summed E-state index contributed by atoms with van der Waals surface area (Å²) in [7, 11) is -3.17. The van der Waals surface area contributed by atoms with Gasteiger partial charge in [-0.15, -0.1) is 0 Å². The molecule has 0 aliphatic heterocycles. The molecule has 0 aromatic heterocycles. The third-order valence-electron chi connectivity index (χ3n) is 3.40. The van der Waals surface area contributed by atoms with Crippen LogP contribution in [0.4, 0.5) is 0 Å². The molecule has 2 fully saturated rings. The van der Waals surface area contributed by atoms with Crippen molar-refractivity contribution >= 4 is 10.0 Å². The minimum absolute atomic E-state index is 0.198. The normalized spacial score (nSPS) is 25.7. The van der Waals surface area contributed by atoms with E-state index in [0.29, 0.717) is 5.92 Å². The number of hydrogen-bond acceptors (Lipinski definition) is 3. The summed E-state index contributed by atoms with van der Waals surface area (Å²) < 4.78 is 26.1. The second-order valence-corrected chi connectivity index (χ2v) is 6.75. The van der Waals surface area contributed by atoms with Crippen molar-refractivity contribution in [2.75, 3.05) is 6.54 Å². The Kier molecular flexibility index (Phi) is 3.33. The van der Waals surface area contributed by atoms with Crippen molar-refractivity contribution in [2.24, 2.45) is 5.92 Å². The first kappa shape index (κ1) is 11.4. The van der Waals surface area contributed by atoms with Crippen LogP contribution in [0.25, 0.3) is 0 Å². The van der Waals surface area contributed by atoms with Crippen LogP contribution in [0.1, 0.15) is 38.5 Å². The summed E-state index contributed by atoms with van der Waals surface area (Å²) in [5.74, 6) is 0.330. The third-order valence-corrected chi connectivity index (χ3v) is 5.32. The third kappa shape index (κ3) is 2.92. The molecule has 0 radical (unpaired) electrons. The first-order chi connectivity index (χ1) is 7.09. The molecule has 1 unspecified atom stereocenters. The van der Waals surface area contributed by atoms with E-state index in [1.807, 2.05) is 0 Å². The van der Waals surface area contributed by atoms with Crippen LogP contribution in [0, 0.1) is 5.92 Å². The lowest BCUT2D eigenvalue weighted by atomic mass is 10.2. The molecule has 88 valence electrons. The van der Waals surface area contributed by atoms with E-state index in [4.69, 9.17) is 0 Å². The van der Waals surface area contributed by atoms with Gasteiger partial charge >= 0.3 is 0 Å². The molecule has 5 heteroatoms. The highest BCUT2D eigenvalue weighted by molar-refractivity contribution is 7.90. The van der Waals surface area contributed by atoms with Crippen molar-refractivity contribution in [2.45, 2.75) is 49.9 Å². The van der Waals surface area contributed by atoms with Gasteiger partial charge in [0.15, 0.2) is 0 Å². The van der Waals surface area contributed by atoms with E-state index >= 15 is 0 Å². The topological polar surface area (TPSA) is 66.4 Å². The van der Waals surface area contributed by atoms with Crippen LogP contribution in [0.5, 0.6) is 0 Å². The minimum Gasteiger partial charge on any atom is -0.391 e. The maximum atomic E-state index is 11.8. The highest BCUT2D eigenvalue weighted by atomic mass is 32.2. The van der Waals surface area contributed by atoms with Gasteiger partial charge in [-0.05, 0) is 31.6 Å². The number of aliphatic hydroxyl groups excluding tert-OH is 1. The van der Waals surface area contributed by atoms with Crippen LogP contribution in [0.15, 0.2) is 0 Å². The van der Waals surface area contributed by atoms with Crippen molar-refractivity contribution in [3.63, 3.8) is 0 Å². The monoisotopic (exact) mass is 233 g/mol. The lowest BCUT2D eigenvalue weighted by molar-refractivity contribution is 0.155. The maximum absolute atomic E-state index is 11.8. The lowest BCUT2D eigenvalue weighted by Crippen LogP contribution is -2.38. The van der Waals surface area contributed by atoms with E-state index in [1.165, 1.54) is 0 Å². The Morgan fingerprint density at radius 3 is 2.33 bits per heavy atom. The molecule has 0 spiro atoms. The first-order valence-electron chi connectivity index (χ1n) is 5.76. The summed E-state index contributed by atoms with van der Waals surface area (Å²) in [5.41, 5.74) is 0. The highest BCUT2D eigenvalue weighted by Gasteiger charge is 2.33.